The van der Waals surface area contributed by atoms with Crippen LogP contribution in [0.5, 0.6) is 0 Å². The summed E-state index contributed by atoms with van der Waals surface area (Å²) in [5, 5.41) is 0. The van der Waals surface area contributed by atoms with Crippen molar-refractivity contribution in [2.24, 2.45) is 0 Å². The molecule has 0 saturated carbocycles. The Morgan fingerprint density at radius 1 is 1.15 bits per heavy atom. The lowest BCUT2D eigenvalue weighted by Gasteiger charge is -2.28. The fraction of sp³-hybridized carbons (Fsp3) is 0.750. The molecule has 0 aliphatic heterocycles. The third kappa shape index (κ3) is 7.37. The van der Waals surface area contributed by atoms with Crippen LogP contribution in [0.4, 0.5) is 0 Å². The van der Waals surface area contributed by atoms with Gasteiger partial charge in [0.05, 0.1) is 0 Å². The van der Waals surface area contributed by atoms with Gasteiger partial charge in [-0.05, 0) is 6.92 Å². The van der Waals surface area contributed by atoms with E-state index in [4.69, 9.17) is 18.1 Å². The summed E-state index contributed by atoms with van der Waals surface area (Å²) in [7, 11) is 5.84. The van der Waals surface area contributed by atoms with E-state index in [2.05, 4.69) is 6.58 Å². The Balaban J connectivity index is 0. The quantitative estimate of drug-likeness (QED) is 0.220. The Kier molecular flexibility index (Phi) is 10.4. The van der Waals surface area contributed by atoms with E-state index >= 15 is 0 Å². The topological polar surface area (TPSA) is 54.0 Å². The van der Waals surface area contributed by atoms with E-state index in [1.807, 2.05) is 14.1 Å². The monoisotopic (exact) mass is 327 g/mol. The van der Waals surface area contributed by atoms with Gasteiger partial charge in [-0.1, -0.05) is 6.58 Å². The van der Waals surface area contributed by atoms with E-state index in [0.29, 0.717) is 18.2 Å². The molecule has 6 nitrogen and oxygen atoms in total. The van der Waals surface area contributed by atoms with Gasteiger partial charge in [0.2, 0.25) is 0 Å². The van der Waals surface area contributed by atoms with Gasteiger partial charge >= 0.3 is 14.8 Å². The molecule has 0 rings (SSSR count). The van der Waals surface area contributed by atoms with Crippen LogP contribution in [0.3, 0.4) is 0 Å². The lowest BCUT2D eigenvalue weighted by Crippen LogP contribution is -3.00. The Labute approximate surface area is 129 Å². The molecular formula is C12H26ClNO5Si. The summed E-state index contributed by atoms with van der Waals surface area (Å²) < 4.78 is 16.1. The van der Waals surface area contributed by atoms with Crippen molar-refractivity contribution in [1.82, 2.24) is 0 Å². The highest BCUT2D eigenvalue weighted by Gasteiger charge is 2.38. The summed E-state index contributed by atoms with van der Waals surface area (Å²) in [6.45, 7) is 5.83. The van der Waals surface area contributed by atoms with Crippen molar-refractivity contribution < 1.29 is 40.0 Å². The van der Waals surface area contributed by atoms with E-state index in [0.717, 1.165) is 6.42 Å². The molecule has 20 heavy (non-hydrogen) atoms. The number of hydrogen-bond donors (Lipinski definition) is 0. The molecule has 120 valence electrons. The van der Waals surface area contributed by atoms with E-state index in [1.165, 1.54) is 0 Å². The predicted octanol–water partition coefficient (Wildman–Crippen LogP) is -1.63. The van der Waals surface area contributed by atoms with Crippen molar-refractivity contribution in [3.63, 3.8) is 0 Å². The highest BCUT2D eigenvalue weighted by Crippen LogP contribution is 2.16. The number of quaternary nitrogens is 1. The maximum Gasteiger partial charge on any atom is 0.500 e. The van der Waals surface area contributed by atoms with Gasteiger partial charge in [0, 0.05) is 39.4 Å². The van der Waals surface area contributed by atoms with Crippen LogP contribution in [-0.4, -0.2) is 61.4 Å². The molecule has 0 atom stereocenters. The minimum atomic E-state index is -2.55. The fourth-order valence-electron chi connectivity index (χ4n) is 1.58. The maximum absolute atomic E-state index is 11.5. The smallest absolute Gasteiger partial charge is 0.500 e. The first-order chi connectivity index (χ1) is 8.72. The SMILES string of the molecule is C=C(C)C(=O)O[N+](C)(C)CCC[Si](OC)(OC)OC.[Cl-]. The molecule has 0 bridgehead atoms. The zero-order valence-electron chi connectivity index (χ0n) is 13.2. The number of nitrogens with zero attached hydrogens (tertiary/aromatic N) is 1. The number of hydrogen-bond acceptors (Lipinski definition) is 5. The molecule has 0 radical (unpaired) electrons. The molecule has 0 aliphatic rings. The fourth-order valence-corrected chi connectivity index (χ4v) is 3.28. The van der Waals surface area contributed by atoms with Crippen LogP contribution in [0.15, 0.2) is 12.2 Å². The van der Waals surface area contributed by atoms with Crippen LogP contribution in [0.1, 0.15) is 13.3 Å². The molecule has 0 heterocycles. The first-order valence-corrected chi connectivity index (χ1v) is 8.03. The molecule has 0 amide bonds. The Morgan fingerprint density at radius 3 is 1.95 bits per heavy atom. The van der Waals surface area contributed by atoms with Gasteiger partial charge < -0.3 is 25.7 Å². The molecule has 8 heteroatoms. The van der Waals surface area contributed by atoms with Crippen LogP contribution in [0, 0.1) is 0 Å². The summed E-state index contributed by atoms with van der Waals surface area (Å²) in [5.41, 5.74) is 0.389. The van der Waals surface area contributed by atoms with Gasteiger partial charge in [-0.15, -0.1) is 4.65 Å². The largest absolute Gasteiger partial charge is 1.00 e. The van der Waals surface area contributed by atoms with Gasteiger partial charge in [-0.3, -0.25) is 4.84 Å². The molecule has 0 spiro atoms. The van der Waals surface area contributed by atoms with Crippen LogP contribution in [-0.2, 0) is 22.9 Å². The summed E-state index contributed by atoms with van der Waals surface area (Å²) >= 11 is 0. The first kappa shape index (κ1) is 21.8. The highest BCUT2D eigenvalue weighted by molar-refractivity contribution is 6.60. The molecule has 0 aromatic rings. The summed E-state index contributed by atoms with van der Waals surface area (Å²) in [6.07, 6.45) is 0.762. The minimum Gasteiger partial charge on any atom is -1.00 e. The lowest BCUT2D eigenvalue weighted by molar-refractivity contribution is -1.06. The van der Waals surface area contributed by atoms with Gasteiger partial charge in [0.1, 0.15) is 20.6 Å². The van der Waals surface area contributed by atoms with Crippen LogP contribution in [0.2, 0.25) is 6.04 Å². The van der Waals surface area contributed by atoms with Gasteiger partial charge in [0.25, 0.3) is 0 Å². The first-order valence-electron chi connectivity index (χ1n) is 6.10. The zero-order valence-corrected chi connectivity index (χ0v) is 15.0. The minimum absolute atomic E-state index is 0. The standard InChI is InChI=1S/C12H26NO5Si.ClH/c1-11(2)12(14)18-13(3,4)9-8-10-19(15-5,16-6)17-7;/h1,8-10H2,2-7H3;1H/q+1;/p-1. The number of rotatable bonds is 9. The van der Waals surface area contributed by atoms with E-state index < -0.39 is 14.8 Å². The third-order valence-electron chi connectivity index (χ3n) is 2.79. The van der Waals surface area contributed by atoms with E-state index in [1.54, 1.807) is 28.3 Å². The van der Waals surface area contributed by atoms with Crippen molar-refractivity contribution in [2.45, 2.75) is 19.4 Å². The number of hydroxylamine groups is 3. The van der Waals surface area contributed by atoms with E-state index in [-0.39, 0.29) is 17.1 Å². The molecule has 0 unspecified atom stereocenters. The molecule has 0 N–H and O–H groups in total. The highest BCUT2D eigenvalue weighted by atomic mass is 35.5. The van der Waals surface area contributed by atoms with Crippen LogP contribution in [0.25, 0.3) is 0 Å². The zero-order chi connectivity index (χ0) is 15.1. The van der Waals surface area contributed by atoms with Crippen molar-refractivity contribution in [3.8, 4) is 0 Å². The predicted molar refractivity (Wildman–Crippen MR) is 74.1 cm³/mol. The normalized spacial score (nSPS) is 11.7. The molecule has 0 aromatic heterocycles. The number of carbonyl (C=O) groups is 1. The Hall–Kier alpha value is -0.443. The second-order valence-corrected chi connectivity index (χ2v) is 7.95. The summed E-state index contributed by atoms with van der Waals surface area (Å²) in [5.74, 6) is -0.390. The van der Waals surface area contributed by atoms with E-state index in [9.17, 15) is 4.79 Å². The third-order valence-corrected chi connectivity index (χ3v) is 5.62. The van der Waals surface area contributed by atoms with Crippen LogP contribution < -0.4 is 12.4 Å². The number of halogens is 1. The lowest BCUT2D eigenvalue weighted by atomic mass is 10.4. The van der Waals surface area contributed by atoms with Crippen molar-refractivity contribution in [1.29, 1.82) is 0 Å². The number of carbonyl (C=O) groups excluding carboxylic acids is 1. The van der Waals surface area contributed by atoms with Gasteiger partial charge in [-0.2, -0.15) is 0 Å². The average molecular weight is 328 g/mol. The second kappa shape index (κ2) is 9.49. The molecule has 0 saturated heterocycles. The molecule has 0 aliphatic carbocycles. The summed E-state index contributed by atoms with van der Waals surface area (Å²) in [4.78, 5) is 16.8. The molecule has 0 fully saturated rings. The van der Waals surface area contributed by atoms with Gasteiger partial charge in [-0.25, -0.2) is 4.79 Å². The van der Waals surface area contributed by atoms with Crippen LogP contribution >= 0.6 is 0 Å². The van der Waals surface area contributed by atoms with Crippen molar-refractivity contribution in [2.75, 3.05) is 42.0 Å². The maximum atomic E-state index is 11.5. The van der Waals surface area contributed by atoms with Crippen molar-refractivity contribution in [3.05, 3.63) is 12.2 Å². The average Bonchev–Trinajstić information content (AvgIpc) is 2.34. The summed E-state index contributed by atoms with van der Waals surface area (Å²) in [6, 6.07) is 0.669. The van der Waals surface area contributed by atoms with Gasteiger partial charge in [0.15, 0.2) is 0 Å². The Bertz CT molecular complexity index is 313. The molecular weight excluding hydrogens is 302 g/mol. The Morgan fingerprint density at radius 2 is 1.60 bits per heavy atom. The van der Waals surface area contributed by atoms with Crippen molar-refractivity contribution >= 4 is 14.8 Å². The second-order valence-electron chi connectivity index (χ2n) is 4.86. The molecule has 0 aromatic carbocycles.